The maximum Gasteiger partial charge on any atom is 0.265 e. The van der Waals surface area contributed by atoms with E-state index in [1.165, 1.54) is 11.3 Å². The van der Waals surface area contributed by atoms with Crippen LogP contribution in [0.1, 0.15) is 37.3 Å². The lowest BCUT2D eigenvalue weighted by molar-refractivity contribution is 0.103. The molecule has 2 heterocycles. The Morgan fingerprint density at radius 2 is 1.64 bits per heavy atom. The number of aryl methyl sites for hydroxylation is 5. The molecule has 1 amide bonds. The van der Waals surface area contributed by atoms with E-state index in [0.29, 0.717) is 44.9 Å². The first-order valence-corrected chi connectivity index (χ1v) is 13.1. The van der Waals surface area contributed by atoms with Gasteiger partial charge >= 0.3 is 0 Å². The Morgan fingerprint density at radius 1 is 0.872 bits per heavy atom. The van der Waals surface area contributed by atoms with Gasteiger partial charge in [-0.25, -0.2) is 4.98 Å². The number of aromatic nitrogens is 3. The van der Waals surface area contributed by atoms with Crippen molar-refractivity contribution in [3.8, 4) is 5.75 Å². The van der Waals surface area contributed by atoms with Gasteiger partial charge in [-0.15, -0.1) is 16.5 Å². The molecule has 0 atom stereocenters. The van der Waals surface area contributed by atoms with E-state index < -0.39 is 0 Å². The summed E-state index contributed by atoms with van der Waals surface area (Å²) in [7, 11) is 0. The third kappa shape index (κ3) is 5.60. The largest absolute Gasteiger partial charge is 0.505 e. The van der Waals surface area contributed by atoms with Crippen LogP contribution in [0.4, 0.5) is 28.7 Å². The molecule has 0 aliphatic carbocycles. The van der Waals surface area contributed by atoms with Crippen molar-refractivity contribution >= 4 is 56.7 Å². The van der Waals surface area contributed by atoms with E-state index in [2.05, 4.69) is 35.8 Å². The van der Waals surface area contributed by atoms with Crippen molar-refractivity contribution in [1.29, 1.82) is 0 Å². The third-order valence-corrected chi connectivity index (χ3v) is 7.10. The summed E-state index contributed by atoms with van der Waals surface area (Å²) in [5.74, 6) is 1.42. The Hall–Kier alpha value is -4.70. The van der Waals surface area contributed by atoms with Crippen LogP contribution in [-0.2, 0) is 0 Å². The summed E-state index contributed by atoms with van der Waals surface area (Å²) in [6.45, 7) is 9.37. The van der Waals surface area contributed by atoms with Crippen molar-refractivity contribution in [2.24, 2.45) is 10.2 Å². The fraction of sp³-hybridized carbons (Fsp3) is 0.172. The molecule has 196 valence electrons. The van der Waals surface area contributed by atoms with Crippen molar-refractivity contribution in [2.75, 3.05) is 10.6 Å². The standard InChI is InChI=1S/C29H27N7O2S/c1-15-9-11-21(33-29-31-18(4)30-19(5)32-29)14-23(15)35-36-26-16(2)13-20-7-6-8-22(25(20)27(26)37)34-28(38)24-12-10-17(3)39-24/h6-14,37H,1-5H3,(H,34,38)(H,30,31,32,33). The number of benzene rings is 3. The fourth-order valence-electron chi connectivity index (χ4n) is 4.23. The van der Waals surface area contributed by atoms with Crippen LogP contribution in [0.3, 0.4) is 0 Å². The van der Waals surface area contributed by atoms with E-state index in [-0.39, 0.29) is 11.7 Å². The topological polar surface area (TPSA) is 125 Å². The number of azo groups is 1. The quantitative estimate of drug-likeness (QED) is 0.190. The van der Waals surface area contributed by atoms with Gasteiger partial charge in [0.1, 0.15) is 17.3 Å². The molecule has 0 fully saturated rings. The minimum Gasteiger partial charge on any atom is -0.505 e. The van der Waals surface area contributed by atoms with E-state index in [4.69, 9.17) is 0 Å². The predicted octanol–water partition coefficient (Wildman–Crippen LogP) is 7.75. The molecule has 3 N–H and O–H groups in total. The molecule has 0 spiro atoms. The van der Waals surface area contributed by atoms with E-state index in [9.17, 15) is 9.90 Å². The van der Waals surface area contributed by atoms with E-state index >= 15 is 0 Å². The molecule has 10 heteroatoms. The Labute approximate surface area is 229 Å². The average molecular weight is 538 g/mol. The number of aromatic hydroxyl groups is 1. The SMILES string of the molecule is Cc1nc(C)nc(Nc2ccc(C)c(N=Nc3c(C)cc4cccc(NC(=O)c5ccc(C)s5)c4c3O)c2)n1. The number of amides is 1. The van der Waals surface area contributed by atoms with Gasteiger partial charge in [-0.3, -0.25) is 4.79 Å². The molecular formula is C29H27N7O2S. The number of fused-ring (bicyclic) bond motifs is 1. The molecule has 5 aromatic rings. The zero-order chi connectivity index (χ0) is 27.7. The van der Waals surface area contributed by atoms with Crippen molar-refractivity contribution in [3.63, 3.8) is 0 Å². The summed E-state index contributed by atoms with van der Waals surface area (Å²) >= 11 is 1.42. The highest BCUT2D eigenvalue weighted by atomic mass is 32.1. The number of phenolic OH excluding ortho intramolecular Hbond substituents is 1. The van der Waals surface area contributed by atoms with Gasteiger partial charge in [-0.1, -0.05) is 18.2 Å². The molecule has 9 nitrogen and oxygen atoms in total. The highest BCUT2D eigenvalue weighted by molar-refractivity contribution is 7.14. The maximum atomic E-state index is 12.8. The van der Waals surface area contributed by atoms with Crippen LogP contribution in [0.15, 0.2) is 64.8 Å². The highest BCUT2D eigenvalue weighted by Gasteiger charge is 2.17. The number of hydrogen-bond donors (Lipinski definition) is 3. The summed E-state index contributed by atoms with van der Waals surface area (Å²) < 4.78 is 0. The first-order chi connectivity index (χ1) is 18.7. The zero-order valence-corrected chi connectivity index (χ0v) is 23.0. The van der Waals surface area contributed by atoms with Crippen molar-refractivity contribution in [2.45, 2.75) is 34.6 Å². The molecule has 0 saturated carbocycles. The van der Waals surface area contributed by atoms with Crippen LogP contribution in [0.2, 0.25) is 0 Å². The Morgan fingerprint density at radius 3 is 2.36 bits per heavy atom. The minimum absolute atomic E-state index is 0.0462. The van der Waals surface area contributed by atoms with Gasteiger partial charge in [0.05, 0.1) is 16.3 Å². The number of phenols is 1. The Balaban J connectivity index is 1.48. The van der Waals surface area contributed by atoms with Crippen LogP contribution in [0.25, 0.3) is 10.8 Å². The molecule has 39 heavy (non-hydrogen) atoms. The lowest BCUT2D eigenvalue weighted by Gasteiger charge is -2.13. The van der Waals surface area contributed by atoms with Crippen molar-refractivity contribution in [3.05, 3.63) is 87.1 Å². The second-order valence-electron chi connectivity index (χ2n) is 9.24. The first kappa shape index (κ1) is 25.9. The maximum absolute atomic E-state index is 12.8. The molecule has 0 bridgehead atoms. The first-order valence-electron chi connectivity index (χ1n) is 12.3. The molecule has 0 radical (unpaired) electrons. The predicted molar refractivity (Wildman–Crippen MR) is 155 cm³/mol. The number of nitrogens with one attached hydrogen (secondary N) is 2. The van der Waals surface area contributed by atoms with E-state index in [1.807, 2.05) is 77.1 Å². The molecule has 0 aliphatic rings. The summed E-state index contributed by atoms with van der Waals surface area (Å²) in [6.07, 6.45) is 0. The van der Waals surface area contributed by atoms with Crippen molar-refractivity contribution < 1.29 is 9.90 Å². The van der Waals surface area contributed by atoms with Crippen molar-refractivity contribution in [1.82, 2.24) is 15.0 Å². The zero-order valence-electron chi connectivity index (χ0n) is 22.2. The van der Waals surface area contributed by atoms with Crippen LogP contribution < -0.4 is 10.6 Å². The second-order valence-corrected chi connectivity index (χ2v) is 10.5. The van der Waals surface area contributed by atoms with E-state index in [1.54, 1.807) is 12.1 Å². The number of hydrogen-bond acceptors (Lipinski definition) is 9. The number of carbonyl (C=O) groups is 1. The summed E-state index contributed by atoms with van der Waals surface area (Å²) in [5.41, 5.74) is 3.86. The normalized spacial score (nSPS) is 11.3. The monoisotopic (exact) mass is 537 g/mol. The number of carbonyl (C=O) groups excluding carboxylic acids is 1. The van der Waals surface area contributed by atoms with Gasteiger partial charge in [0.2, 0.25) is 5.95 Å². The van der Waals surface area contributed by atoms with E-state index in [0.717, 1.165) is 27.1 Å². The molecule has 2 aromatic heterocycles. The van der Waals surface area contributed by atoms with Gasteiger partial charge < -0.3 is 15.7 Å². The average Bonchev–Trinajstić information content (AvgIpc) is 3.31. The third-order valence-electron chi connectivity index (χ3n) is 6.10. The lowest BCUT2D eigenvalue weighted by atomic mass is 10.0. The Bertz CT molecular complexity index is 1740. The number of anilines is 3. The van der Waals surface area contributed by atoms with Gasteiger partial charge in [0.15, 0.2) is 5.75 Å². The van der Waals surface area contributed by atoms with Crippen LogP contribution in [0, 0.1) is 34.6 Å². The summed E-state index contributed by atoms with van der Waals surface area (Å²) in [5, 5.41) is 27.6. The van der Waals surface area contributed by atoms with Gasteiger partial charge in [0.25, 0.3) is 5.91 Å². The number of nitrogens with zero attached hydrogens (tertiary/aromatic N) is 5. The molecule has 3 aromatic carbocycles. The molecule has 0 saturated heterocycles. The highest BCUT2D eigenvalue weighted by Crippen LogP contribution is 2.42. The molecule has 5 rings (SSSR count). The van der Waals surface area contributed by atoms with Gasteiger partial charge in [0, 0.05) is 16.0 Å². The van der Waals surface area contributed by atoms with Gasteiger partial charge in [-0.2, -0.15) is 15.1 Å². The minimum atomic E-state index is -0.229. The molecule has 0 unspecified atom stereocenters. The number of rotatable bonds is 6. The smallest absolute Gasteiger partial charge is 0.265 e. The van der Waals surface area contributed by atoms with Gasteiger partial charge in [-0.05, 0) is 87.5 Å². The molecular weight excluding hydrogens is 510 g/mol. The lowest BCUT2D eigenvalue weighted by Crippen LogP contribution is -2.10. The van der Waals surface area contributed by atoms with Crippen LogP contribution in [0.5, 0.6) is 5.75 Å². The number of thiophene rings is 1. The summed E-state index contributed by atoms with van der Waals surface area (Å²) in [4.78, 5) is 27.3. The Kier molecular flexibility index (Phi) is 7.03. The fourth-order valence-corrected chi connectivity index (χ4v) is 4.99. The van der Waals surface area contributed by atoms with Crippen LogP contribution >= 0.6 is 11.3 Å². The summed E-state index contributed by atoms with van der Waals surface area (Å²) in [6, 6.07) is 16.8. The second kappa shape index (κ2) is 10.6. The molecule has 0 aliphatic heterocycles. The van der Waals surface area contributed by atoms with Crippen LogP contribution in [-0.4, -0.2) is 26.0 Å².